The normalized spacial score (nSPS) is 15.0. The summed E-state index contributed by atoms with van der Waals surface area (Å²) in [5.41, 5.74) is 0.400. The van der Waals surface area contributed by atoms with Crippen molar-refractivity contribution in [2.45, 2.75) is 39.5 Å². The third-order valence-corrected chi connectivity index (χ3v) is 5.66. The number of benzene rings is 2. The van der Waals surface area contributed by atoms with Crippen LogP contribution in [0.5, 0.6) is 11.5 Å². The Morgan fingerprint density at radius 3 is 2.44 bits per heavy atom. The number of ether oxygens (including phenoxy) is 2. The molecule has 1 saturated heterocycles. The minimum Gasteiger partial charge on any atom is -0.490 e. The van der Waals surface area contributed by atoms with Crippen LogP contribution in [0.25, 0.3) is 6.08 Å². The number of amides is 4. The fraction of sp³-hybridized carbons (Fsp3) is 0.320. The molecule has 0 aromatic heterocycles. The van der Waals surface area contributed by atoms with Crippen LogP contribution in [0, 0.1) is 5.82 Å². The number of hydrogen-bond acceptors (Lipinski definition) is 5. The number of unbranched alkanes of at least 4 members (excludes halogenated alkanes) is 3. The summed E-state index contributed by atoms with van der Waals surface area (Å²) in [6.45, 7) is 4.91. The van der Waals surface area contributed by atoms with Crippen molar-refractivity contribution >= 4 is 45.5 Å². The smallest absolute Gasteiger partial charge is 0.335 e. The Morgan fingerprint density at radius 2 is 1.76 bits per heavy atom. The first-order valence-corrected chi connectivity index (χ1v) is 11.9. The molecule has 0 atom stereocenters. The molecule has 2 aromatic rings. The van der Waals surface area contributed by atoms with Crippen LogP contribution in [-0.4, -0.2) is 31.1 Å². The topological polar surface area (TPSA) is 84.9 Å². The van der Waals surface area contributed by atoms with Gasteiger partial charge in [0.1, 0.15) is 11.4 Å². The molecule has 4 amide bonds. The Balaban J connectivity index is 1.90. The maximum atomic E-state index is 13.3. The van der Waals surface area contributed by atoms with Crippen molar-refractivity contribution in [3.05, 3.63) is 57.8 Å². The Morgan fingerprint density at radius 1 is 1.03 bits per heavy atom. The van der Waals surface area contributed by atoms with Gasteiger partial charge in [0.15, 0.2) is 11.5 Å². The number of nitrogens with zero attached hydrogens (tertiary/aromatic N) is 1. The lowest BCUT2D eigenvalue weighted by Gasteiger charge is -2.26. The van der Waals surface area contributed by atoms with Crippen LogP contribution >= 0.6 is 15.9 Å². The van der Waals surface area contributed by atoms with E-state index < -0.39 is 23.7 Å². The van der Waals surface area contributed by atoms with Crippen LogP contribution in [0.2, 0.25) is 0 Å². The molecule has 3 rings (SSSR count). The van der Waals surface area contributed by atoms with Gasteiger partial charge in [0.25, 0.3) is 11.8 Å². The Kier molecular flexibility index (Phi) is 8.81. The van der Waals surface area contributed by atoms with Gasteiger partial charge in [0, 0.05) is 0 Å². The third kappa shape index (κ3) is 6.02. The first-order valence-electron chi connectivity index (χ1n) is 11.1. The number of urea groups is 1. The monoisotopic (exact) mass is 532 g/mol. The number of anilines is 1. The predicted molar refractivity (Wildman–Crippen MR) is 130 cm³/mol. The lowest BCUT2D eigenvalue weighted by atomic mass is 10.1. The number of carbonyl (C=O) groups is 3. The highest BCUT2D eigenvalue weighted by atomic mass is 79.9. The van der Waals surface area contributed by atoms with Crippen LogP contribution in [-0.2, 0) is 9.59 Å². The second kappa shape index (κ2) is 11.8. The molecule has 0 saturated carbocycles. The van der Waals surface area contributed by atoms with E-state index in [1.165, 1.54) is 18.2 Å². The second-order valence-electron chi connectivity index (χ2n) is 7.61. The minimum atomic E-state index is -0.901. The molecule has 9 heteroatoms. The second-order valence-corrected chi connectivity index (χ2v) is 8.46. The fourth-order valence-electron chi connectivity index (χ4n) is 3.43. The van der Waals surface area contributed by atoms with E-state index in [1.807, 2.05) is 6.92 Å². The van der Waals surface area contributed by atoms with E-state index in [2.05, 4.69) is 28.2 Å². The molecule has 1 N–H and O–H groups in total. The van der Waals surface area contributed by atoms with Crippen molar-refractivity contribution in [2.75, 3.05) is 18.1 Å². The molecule has 0 spiro atoms. The van der Waals surface area contributed by atoms with Gasteiger partial charge in [-0.25, -0.2) is 14.1 Å². The first-order chi connectivity index (χ1) is 16.3. The predicted octanol–water partition coefficient (Wildman–Crippen LogP) is 5.61. The van der Waals surface area contributed by atoms with Gasteiger partial charge in [-0.3, -0.25) is 14.9 Å². The lowest BCUT2D eigenvalue weighted by Crippen LogP contribution is -2.54. The van der Waals surface area contributed by atoms with Gasteiger partial charge in [-0.2, -0.15) is 0 Å². The number of hydrogen-bond donors (Lipinski definition) is 1. The fourth-order valence-corrected chi connectivity index (χ4v) is 4.00. The van der Waals surface area contributed by atoms with Gasteiger partial charge < -0.3 is 9.47 Å². The maximum absolute atomic E-state index is 13.3. The molecule has 0 bridgehead atoms. The number of nitrogens with one attached hydrogen (secondary N) is 1. The molecule has 1 aliphatic rings. The number of rotatable bonds is 10. The van der Waals surface area contributed by atoms with Gasteiger partial charge in [0.2, 0.25) is 0 Å². The van der Waals surface area contributed by atoms with E-state index in [0.29, 0.717) is 34.7 Å². The number of carbonyl (C=O) groups excluding carboxylic acids is 3. The first kappa shape index (κ1) is 25.4. The van der Waals surface area contributed by atoms with Gasteiger partial charge in [0.05, 0.1) is 23.4 Å². The standard InChI is InChI=1S/C25H26BrFN2O5/c1-3-5-6-7-12-34-22-20(26)14-16(15-21(22)33-4-2)13-19-23(30)28-25(32)29(24(19)31)18-10-8-17(27)9-11-18/h8-11,13-15H,3-7,12H2,1-2H3,(H,28,30,32)/b19-13+. The molecular formula is C25H26BrFN2O5. The molecule has 2 aromatic carbocycles. The third-order valence-electron chi connectivity index (χ3n) is 5.07. The average molecular weight is 533 g/mol. The molecule has 1 heterocycles. The van der Waals surface area contributed by atoms with Crippen molar-refractivity contribution in [3.8, 4) is 11.5 Å². The van der Waals surface area contributed by atoms with Crippen molar-refractivity contribution < 1.29 is 28.2 Å². The SMILES string of the molecule is CCCCCCOc1c(Br)cc(/C=C2\C(=O)NC(=O)N(c3ccc(F)cc3)C2=O)cc1OCC. The summed E-state index contributed by atoms with van der Waals surface area (Å²) in [5.74, 6) is -1.14. The summed E-state index contributed by atoms with van der Waals surface area (Å²) in [6.07, 6.45) is 5.64. The molecule has 7 nitrogen and oxygen atoms in total. The maximum Gasteiger partial charge on any atom is 0.335 e. The zero-order valence-corrected chi connectivity index (χ0v) is 20.6. The summed E-state index contributed by atoms with van der Waals surface area (Å²) in [4.78, 5) is 38.6. The highest BCUT2D eigenvalue weighted by molar-refractivity contribution is 9.10. The van der Waals surface area contributed by atoms with Crippen molar-refractivity contribution in [1.82, 2.24) is 5.32 Å². The zero-order chi connectivity index (χ0) is 24.7. The highest BCUT2D eigenvalue weighted by Gasteiger charge is 2.36. The largest absolute Gasteiger partial charge is 0.490 e. The molecule has 1 fully saturated rings. The van der Waals surface area contributed by atoms with Crippen LogP contribution < -0.4 is 19.7 Å². The van der Waals surface area contributed by atoms with Gasteiger partial charge in [-0.1, -0.05) is 26.2 Å². The van der Waals surface area contributed by atoms with Gasteiger partial charge in [-0.15, -0.1) is 0 Å². The van der Waals surface area contributed by atoms with Crippen molar-refractivity contribution in [3.63, 3.8) is 0 Å². The van der Waals surface area contributed by atoms with Gasteiger partial charge >= 0.3 is 6.03 Å². The average Bonchev–Trinajstić information content (AvgIpc) is 2.79. The van der Waals surface area contributed by atoms with Crippen molar-refractivity contribution in [1.29, 1.82) is 0 Å². The summed E-state index contributed by atoms with van der Waals surface area (Å²) >= 11 is 3.49. The Labute approximate surface area is 206 Å². The highest BCUT2D eigenvalue weighted by Crippen LogP contribution is 2.38. The lowest BCUT2D eigenvalue weighted by molar-refractivity contribution is -0.122. The molecule has 0 radical (unpaired) electrons. The van der Waals surface area contributed by atoms with Crippen LogP contribution in [0.3, 0.4) is 0 Å². The molecule has 0 aliphatic carbocycles. The van der Waals surface area contributed by atoms with Crippen LogP contribution in [0.4, 0.5) is 14.9 Å². The summed E-state index contributed by atoms with van der Waals surface area (Å²) < 4.78 is 25.5. The summed E-state index contributed by atoms with van der Waals surface area (Å²) in [6, 6.07) is 7.30. The van der Waals surface area contributed by atoms with Crippen LogP contribution in [0.15, 0.2) is 46.4 Å². The number of imide groups is 2. The molecular weight excluding hydrogens is 507 g/mol. The van der Waals surface area contributed by atoms with E-state index in [-0.39, 0.29) is 11.3 Å². The van der Waals surface area contributed by atoms with E-state index >= 15 is 0 Å². The molecule has 34 heavy (non-hydrogen) atoms. The Hall–Kier alpha value is -3.20. The Bertz CT molecular complexity index is 1100. The molecule has 180 valence electrons. The van der Waals surface area contributed by atoms with E-state index in [9.17, 15) is 18.8 Å². The molecule has 1 aliphatic heterocycles. The van der Waals surface area contributed by atoms with Gasteiger partial charge in [-0.05, 0) is 77.3 Å². The number of halogens is 2. The minimum absolute atomic E-state index is 0.144. The summed E-state index contributed by atoms with van der Waals surface area (Å²) in [7, 11) is 0. The quantitative estimate of drug-likeness (QED) is 0.244. The zero-order valence-electron chi connectivity index (χ0n) is 19.0. The van der Waals surface area contributed by atoms with E-state index in [0.717, 1.165) is 42.7 Å². The van der Waals surface area contributed by atoms with Crippen molar-refractivity contribution in [2.24, 2.45) is 0 Å². The van der Waals surface area contributed by atoms with E-state index in [1.54, 1.807) is 12.1 Å². The molecule has 0 unspecified atom stereocenters. The number of barbiturate groups is 1. The summed E-state index contributed by atoms with van der Waals surface area (Å²) in [5, 5.41) is 2.15. The van der Waals surface area contributed by atoms with E-state index in [4.69, 9.17) is 9.47 Å². The van der Waals surface area contributed by atoms with Crippen LogP contribution in [0.1, 0.15) is 45.1 Å².